The number of hydrogen-bond donors (Lipinski definition) is 1. The highest BCUT2D eigenvalue weighted by molar-refractivity contribution is 5.86. The van der Waals surface area contributed by atoms with E-state index in [1.165, 1.54) is 28.6 Å². The number of aromatic amines is 1. The van der Waals surface area contributed by atoms with Gasteiger partial charge in [0.1, 0.15) is 0 Å². The summed E-state index contributed by atoms with van der Waals surface area (Å²) in [6, 6.07) is 8.38. The lowest BCUT2D eigenvalue weighted by Crippen LogP contribution is -1.72. The molecule has 0 unspecified atom stereocenters. The smallest absolute Gasteiger partial charge is 0.0461 e. The van der Waals surface area contributed by atoms with Gasteiger partial charge < -0.3 is 4.98 Å². The number of rotatable bonds is 1. The van der Waals surface area contributed by atoms with Crippen molar-refractivity contribution in [2.45, 2.75) is 82.6 Å². The third-order valence-corrected chi connectivity index (χ3v) is 2.34. The molecule has 25 heavy (non-hydrogen) atoms. The molecule has 0 fully saturated rings. The molecule has 2 rings (SSSR count). The van der Waals surface area contributed by atoms with E-state index in [9.17, 15) is 0 Å². The number of aryl methyl sites for hydroxylation is 1. The first-order valence-corrected chi connectivity index (χ1v) is 9.73. The van der Waals surface area contributed by atoms with Crippen LogP contribution in [0, 0.1) is 19.3 Å². The second kappa shape index (κ2) is 26.9. The molecule has 1 aromatic heterocycles. The third-order valence-electron chi connectivity index (χ3n) is 2.34. The summed E-state index contributed by atoms with van der Waals surface area (Å²) in [6.45, 7) is 22.1. The van der Waals surface area contributed by atoms with Gasteiger partial charge in [-0.15, -0.1) is 12.3 Å². The summed E-state index contributed by atoms with van der Waals surface area (Å²) >= 11 is 0. The third kappa shape index (κ3) is 15.3. The summed E-state index contributed by atoms with van der Waals surface area (Å²) in [5.41, 5.74) is 3.76. The van der Waals surface area contributed by atoms with E-state index in [0.29, 0.717) is 0 Å². The van der Waals surface area contributed by atoms with E-state index in [1.807, 2.05) is 48.5 Å². The summed E-state index contributed by atoms with van der Waals surface area (Å²) in [6.07, 6.45) is 10.0. The Bertz CT molecular complexity index is 539. The molecule has 1 heterocycles. The van der Waals surface area contributed by atoms with Gasteiger partial charge in [0.25, 0.3) is 0 Å². The lowest BCUT2D eigenvalue weighted by atomic mass is 10.1. The molecule has 0 spiro atoms. The molecule has 0 aliphatic carbocycles. The van der Waals surface area contributed by atoms with Crippen LogP contribution in [0.1, 0.15) is 86.9 Å². The van der Waals surface area contributed by atoms with E-state index in [1.54, 1.807) is 6.92 Å². The van der Waals surface area contributed by atoms with Crippen LogP contribution in [0.4, 0.5) is 0 Å². The molecule has 0 saturated carbocycles. The van der Waals surface area contributed by atoms with Crippen LogP contribution >= 0.6 is 0 Å². The van der Waals surface area contributed by atoms with Crippen LogP contribution in [0.15, 0.2) is 30.3 Å². The van der Waals surface area contributed by atoms with E-state index in [4.69, 9.17) is 0 Å². The van der Waals surface area contributed by atoms with Crippen molar-refractivity contribution in [3.63, 3.8) is 0 Å². The van der Waals surface area contributed by atoms with Crippen LogP contribution in [-0.2, 0) is 0 Å². The van der Waals surface area contributed by atoms with Gasteiger partial charge in [0.05, 0.1) is 0 Å². The van der Waals surface area contributed by atoms with Crippen molar-refractivity contribution in [1.29, 1.82) is 0 Å². The lowest BCUT2D eigenvalue weighted by molar-refractivity contribution is 1.09. The van der Waals surface area contributed by atoms with E-state index in [2.05, 4.69) is 74.5 Å². The maximum absolute atomic E-state index is 4.60. The number of H-pyrrole nitrogens is 1. The first-order valence-electron chi connectivity index (χ1n) is 9.73. The van der Waals surface area contributed by atoms with Crippen molar-refractivity contribution in [1.82, 2.24) is 4.98 Å². The maximum Gasteiger partial charge on any atom is 0.0461 e. The number of benzene rings is 1. The summed E-state index contributed by atoms with van der Waals surface area (Å²) in [4.78, 5) is 3.38. The molecule has 0 aliphatic heterocycles. The van der Waals surface area contributed by atoms with Gasteiger partial charge in [-0.3, -0.25) is 0 Å². The molecule has 0 atom stereocenters. The highest BCUT2D eigenvalue weighted by Gasteiger charge is 2.02. The fourth-order valence-electron chi connectivity index (χ4n) is 1.64. The van der Waals surface area contributed by atoms with Crippen molar-refractivity contribution in [2.75, 3.05) is 0 Å². The monoisotopic (exact) mass is 345 g/mol. The van der Waals surface area contributed by atoms with E-state index in [0.717, 1.165) is 0 Å². The standard InChI is InChI=1S/C12H13N.C3H8.C3H4.3C2H6/c1-3-6-11-9(2)10-7-4-5-8-12(10)13-11;2*1-3-2;3*1-2/h3-8,13H,1-2H3;3H2,1-2H3;1H,2H3;3*1-2H3/b6-3-;;;;;. The van der Waals surface area contributed by atoms with Gasteiger partial charge in [0, 0.05) is 16.6 Å². The fourth-order valence-corrected chi connectivity index (χ4v) is 1.64. The van der Waals surface area contributed by atoms with Gasteiger partial charge in [-0.1, -0.05) is 86.1 Å². The molecule has 0 amide bonds. The Morgan fingerprint density at radius 1 is 1.00 bits per heavy atom. The molecule has 1 aromatic carbocycles. The second-order valence-electron chi connectivity index (χ2n) is 4.21. The quantitative estimate of drug-likeness (QED) is 0.498. The first-order chi connectivity index (χ1) is 12.2. The first kappa shape index (κ1) is 30.9. The maximum atomic E-state index is 4.60. The summed E-state index contributed by atoms with van der Waals surface area (Å²) < 4.78 is 0. The number of terminal acetylenes is 1. The van der Waals surface area contributed by atoms with Gasteiger partial charge in [0.15, 0.2) is 0 Å². The minimum absolute atomic E-state index is 1.21. The van der Waals surface area contributed by atoms with Crippen LogP contribution in [0.25, 0.3) is 17.0 Å². The predicted octanol–water partition coefficient (Wildman–Crippen LogP) is 8.64. The molecule has 0 saturated heterocycles. The Labute approximate surface area is 159 Å². The van der Waals surface area contributed by atoms with Gasteiger partial charge in [0.2, 0.25) is 0 Å². The largest absolute Gasteiger partial charge is 0.355 e. The molecule has 0 bridgehead atoms. The topological polar surface area (TPSA) is 15.8 Å². The molecule has 0 aliphatic rings. The number of para-hydroxylation sites is 1. The Hall–Kier alpha value is -1.94. The van der Waals surface area contributed by atoms with Crippen LogP contribution in [-0.4, -0.2) is 4.98 Å². The Morgan fingerprint density at radius 2 is 1.40 bits per heavy atom. The van der Waals surface area contributed by atoms with E-state index < -0.39 is 0 Å². The molecular weight excluding hydrogens is 302 g/mol. The summed E-state index contributed by atoms with van der Waals surface area (Å²) in [5.74, 6) is 2.25. The SMILES string of the molecule is C#CC.C/C=C\c1[nH]c2ccccc2c1C.CC.CC.CC.CCC. The average Bonchev–Trinajstić information content (AvgIpc) is 2.98. The molecule has 0 radical (unpaired) electrons. The van der Waals surface area contributed by atoms with Crippen LogP contribution in [0.5, 0.6) is 0 Å². The molecular formula is C24H43N. The minimum Gasteiger partial charge on any atom is -0.355 e. The number of hydrogen-bond acceptors (Lipinski definition) is 0. The van der Waals surface area contributed by atoms with Crippen molar-refractivity contribution >= 4 is 17.0 Å². The highest BCUT2D eigenvalue weighted by Crippen LogP contribution is 2.21. The van der Waals surface area contributed by atoms with Gasteiger partial charge in [-0.05, 0) is 38.5 Å². The van der Waals surface area contributed by atoms with Crippen molar-refractivity contribution in [3.05, 3.63) is 41.6 Å². The highest BCUT2D eigenvalue weighted by atomic mass is 14.7. The van der Waals surface area contributed by atoms with Gasteiger partial charge in [-0.2, -0.15) is 0 Å². The van der Waals surface area contributed by atoms with Gasteiger partial charge >= 0.3 is 0 Å². The second-order valence-corrected chi connectivity index (χ2v) is 4.21. The minimum atomic E-state index is 1.21. The molecule has 1 N–H and O–H groups in total. The summed E-state index contributed by atoms with van der Waals surface area (Å²) in [5, 5.41) is 1.32. The number of aromatic nitrogens is 1. The van der Waals surface area contributed by atoms with Crippen LogP contribution in [0.2, 0.25) is 0 Å². The molecule has 1 heteroatoms. The van der Waals surface area contributed by atoms with Crippen LogP contribution < -0.4 is 0 Å². The number of allylic oxidation sites excluding steroid dienone is 1. The Kier molecular flexibility index (Phi) is 33.3. The zero-order chi connectivity index (χ0) is 20.7. The molecule has 1 nitrogen and oxygen atoms in total. The molecule has 2 aromatic rings. The Morgan fingerprint density at radius 3 is 1.76 bits per heavy atom. The zero-order valence-electron chi connectivity index (χ0n) is 18.7. The van der Waals surface area contributed by atoms with Crippen molar-refractivity contribution in [2.24, 2.45) is 0 Å². The van der Waals surface area contributed by atoms with Crippen molar-refractivity contribution < 1.29 is 0 Å². The molecule has 144 valence electrons. The number of nitrogens with one attached hydrogen (secondary N) is 1. The normalized spacial score (nSPS) is 7.76. The van der Waals surface area contributed by atoms with Crippen molar-refractivity contribution in [3.8, 4) is 12.3 Å². The predicted molar refractivity (Wildman–Crippen MR) is 122 cm³/mol. The van der Waals surface area contributed by atoms with E-state index in [-0.39, 0.29) is 0 Å². The zero-order valence-corrected chi connectivity index (χ0v) is 18.7. The Balaban J connectivity index is -0.000000155. The van der Waals surface area contributed by atoms with E-state index >= 15 is 0 Å². The van der Waals surface area contributed by atoms with Gasteiger partial charge in [-0.25, -0.2) is 0 Å². The average molecular weight is 346 g/mol. The number of fused-ring (bicyclic) bond motifs is 1. The van der Waals surface area contributed by atoms with Crippen LogP contribution in [0.3, 0.4) is 0 Å². The lowest BCUT2D eigenvalue weighted by Gasteiger charge is -1.89. The fraction of sp³-hybridized carbons (Fsp3) is 0.500. The summed E-state index contributed by atoms with van der Waals surface area (Å²) in [7, 11) is 0.